The number of benzene rings is 3. The van der Waals surface area contributed by atoms with Crippen molar-refractivity contribution in [3.8, 4) is 11.5 Å². The second-order valence-electron chi connectivity index (χ2n) is 8.67. The van der Waals surface area contributed by atoms with Gasteiger partial charge < -0.3 is 14.8 Å². The minimum atomic E-state index is -0.730. The van der Waals surface area contributed by atoms with E-state index in [0.29, 0.717) is 28.3 Å². The lowest BCUT2D eigenvalue weighted by atomic mass is 9.86. The zero-order valence-electron chi connectivity index (χ0n) is 19.1. The van der Waals surface area contributed by atoms with Crippen molar-refractivity contribution in [2.24, 2.45) is 0 Å². The predicted molar refractivity (Wildman–Crippen MR) is 127 cm³/mol. The van der Waals surface area contributed by atoms with Crippen LogP contribution < -0.4 is 14.8 Å². The molecule has 0 aromatic heterocycles. The first-order chi connectivity index (χ1) is 15.2. The molecule has 5 nitrogen and oxygen atoms in total. The van der Waals surface area contributed by atoms with Crippen LogP contribution in [0.25, 0.3) is 0 Å². The number of ketones is 1. The summed E-state index contributed by atoms with van der Waals surface area (Å²) in [7, 11) is 1.57. The Labute approximate surface area is 189 Å². The second-order valence-corrected chi connectivity index (χ2v) is 8.67. The van der Waals surface area contributed by atoms with Crippen molar-refractivity contribution in [1.29, 1.82) is 0 Å². The fourth-order valence-electron chi connectivity index (χ4n) is 3.20. The van der Waals surface area contributed by atoms with Crippen molar-refractivity contribution >= 4 is 17.4 Å². The summed E-state index contributed by atoms with van der Waals surface area (Å²) in [5.74, 6) is 0.778. The molecule has 0 heterocycles. The Hall–Kier alpha value is -3.60. The first kappa shape index (κ1) is 23.1. The van der Waals surface area contributed by atoms with Gasteiger partial charge in [-0.05, 0) is 42.2 Å². The number of ether oxygens (including phenoxy) is 2. The van der Waals surface area contributed by atoms with Crippen LogP contribution in [0.2, 0.25) is 0 Å². The van der Waals surface area contributed by atoms with Gasteiger partial charge in [0.25, 0.3) is 5.91 Å². The number of carbonyl (C=O) groups is 2. The number of methoxy groups -OCH3 is 1. The monoisotopic (exact) mass is 431 g/mol. The van der Waals surface area contributed by atoms with E-state index in [1.54, 1.807) is 62.6 Å². The largest absolute Gasteiger partial charge is 0.497 e. The van der Waals surface area contributed by atoms with Gasteiger partial charge in [-0.2, -0.15) is 0 Å². The van der Waals surface area contributed by atoms with E-state index in [2.05, 4.69) is 26.1 Å². The number of hydrogen-bond donors (Lipinski definition) is 1. The van der Waals surface area contributed by atoms with E-state index < -0.39 is 6.10 Å². The Morgan fingerprint density at radius 3 is 2.16 bits per heavy atom. The minimum absolute atomic E-state index is 0.0232. The van der Waals surface area contributed by atoms with Crippen LogP contribution in [0.3, 0.4) is 0 Å². The predicted octanol–water partition coefficient (Wildman–Crippen LogP) is 5.63. The number of hydrogen-bond acceptors (Lipinski definition) is 4. The SMILES string of the molecule is COc1cccc(OC(C)C(=O)Nc2cccc(C(=O)c3ccc(C(C)(C)C)cc3)c2)c1. The lowest BCUT2D eigenvalue weighted by molar-refractivity contribution is -0.122. The first-order valence-electron chi connectivity index (χ1n) is 10.5. The van der Waals surface area contributed by atoms with Gasteiger partial charge in [-0.1, -0.05) is 63.2 Å². The van der Waals surface area contributed by atoms with E-state index in [4.69, 9.17) is 9.47 Å². The maximum Gasteiger partial charge on any atom is 0.265 e. The van der Waals surface area contributed by atoms with Crippen LogP contribution in [0.1, 0.15) is 49.2 Å². The highest BCUT2D eigenvalue weighted by atomic mass is 16.5. The van der Waals surface area contributed by atoms with E-state index in [1.807, 2.05) is 24.3 Å². The summed E-state index contributed by atoms with van der Waals surface area (Å²) < 4.78 is 10.9. The highest BCUT2D eigenvalue weighted by Crippen LogP contribution is 2.24. The van der Waals surface area contributed by atoms with Crippen LogP contribution in [-0.2, 0) is 10.2 Å². The Morgan fingerprint density at radius 2 is 1.50 bits per heavy atom. The molecule has 0 saturated carbocycles. The van der Waals surface area contributed by atoms with Gasteiger partial charge in [0.1, 0.15) is 11.5 Å². The number of anilines is 1. The van der Waals surface area contributed by atoms with Crippen LogP contribution in [-0.4, -0.2) is 24.9 Å². The Kier molecular flexibility index (Phi) is 6.98. The Balaban J connectivity index is 1.68. The molecule has 1 unspecified atom stereocenters. The molecular weight excluding hydrogens is 402 g/mol. The summed E-state index contributed by atoms with van der Waals surface area (Å²) in [6.07, 6.45) is -0.730. The first-order valence-corrected chi connectivity index (χ1v) is 10.5. The molecule has 0 aliphatic heterocycles. The van der Waals surface area contributed by atoms with Crippen molar-refractivity contribution in [3.05, 3.63) is 89.5 Å². The van der Waals surface area contributed by atoms with E-state index in [9.17, 15) is 9.59 Å². The quantitative estimate of drug-likeness (QED) is 0.493. The van der Waals surface area contributed by atoms with Crippen LogP contribution in [0, 0.1) is 0 Å². The van der Waals surface area contributed by atoms with Crippen molar-refractivity contribution in [2.75, 3.05) is 12.4 Å². The molecule has 3 aromatic rings. The molecule has 3 rings (SSSR count). The molecule has 0 fully saturated rings. The second kappa shape index (κ2) is 9.69. The van der Waals surface area contributed by atoms with E-state index in [-0.39, 0.29) is 17.1 Å². The van der Waals surface area contributed by atoms with E-state index in [0.717, 1.165) is 0 Å². The van der Waals surface area contributed by atoms with Crippen LogP contribution in [0.5, 0.6) is 11.5 Å². The maximum absolute atomic E-state index is 12.9. The van der Waals surface area contributed by atoms with Gasteiger partial charge in [-0.25, -0.2) is 0 Å². The van der Waals surface area contributed by atoms with Crippen molar-refractivity contribution in [2.45, 2.75) is 39.2 Å². The normalized spacial score (nSPS) is 12.0. The number of rotatable bonds is 7. The summed E-state index contributed by atoms with van der Waals surface area (Å²) in [6.45, 7) is 8.07. The van der Waals surface area contributed by atoms with Gasteiger partial charge in [-0.15, -0.1) is 0 Å². The fraction of sp³-hybridized carbons (Fsp3) is 0.259. The standard InChI is InChI=1S/C27H29NO4/c1-18(32-24-11-7-10-23(17-24)31-5)26(30)28-22-9-6-8-20(16-22)25(29)19-12-14-21(15-13-19)27(2,3)4/h6-18H,1-5H3,(H,28,30). The third-order valence-corrected chi connectivity index (χ3v) is 5.13. The molecule has 1 amide bonds. The summed E-state index contributed by atoms with van der Waals surface area (Å²) in [6, 6.07) is 21.6. The smallest absolute Gasteiger partial charge is 0.265 e. The van der Waals surface area contributed by atoms with Gasteiger partial charge in [0.15, 0.2) is 11.9 Å². The average Bonchev–Trinajstić information content (AvgIpc) is 2.78. The molecule has 32 heavy (non-hydrogen) atoms. The van der Waals surface area contributed by atoms with Crippen LogP contribution in [0.15, 0.2) is 72.8 Å². The molecule has 0 radical (unpaired) electrons. The summed E-state index contributed by atoms with van der Waals surface area (Å²) in [4.78, 5) is 25.5. The van der Waals surface area contributed by atoms with Crippen molar-refractivity contribution in [1.82, 2.24) is 0 Å². The highest BCUT2D eigenvalue weighted by molar-refractivity contribution is 6.09. The highest BCUT2D eigenvalue weighted by Gasteiger charge is 2.17. The van der Waals surface area contributed by atoms with Gasteiger partial charge in [0.05, 0.1) is 7.11 Å². The third-order valence-electron chi connectivity index (χ3n) is 5.13. The average molecular weight is 432 g/mol. The van der Waals surface area contributed by atoms with Gasteiger partial charge in [0, 0.05) is 22.9 Å². The lowest BCUT2D eigenvalue weighted by Crippen LogP contribution is -2.30. The zero-order chi connectivity index (χ0) is 23.3. The van der Waals surface area contributed by atoms with Gasteiger partial charge in [0.2, 0.25) is 0 Å². The molecule has 5 heteroatoms. The molecule has 1 atom stereocenters. The van der Waals surface area contributed by atoms with Crippen LogP contribution in [0.4, 0.5) is 5.69 Å². The molecule has 1 N–H and O–H groups in total. The Bertz CT molecular complexity index is 1100. The molecule has 0 bridgehead atoms. The number of nitrogens with one attached hydrogen (secondary N) is 1. The number of carbonyl (C=O) groups excluding carboxylic acids is 2. The molecule has 3 aromatic carbocycles. The van der Waals surface area contributed by atoms with Crippen molar-refractivity contribution < 1.29 is 19.1 Å². The fourth-order valence-corrected chi connectivity index (χ4v) is 3.20. The Morgan fingerprint density at radius 1 is 0.844 bits per heavy atom. The zero-order valence-corrected chi connectivity index (χ0v) is 19.1. The van der Waals surface area contributed by atoms with Gasteiger partial charge in [-0.3, -0.25) is 9.59 Å². The van der Waals surface area contributed by atoms with Crippen LogP contribution >= 0.6 is 0 Å². The molecule has 0 spiro atoms. The van der Waals surface area contributed by atoms with Crippen molar-refractivity contribution in [3.63, 3.8) is 0 Å². The molecule has 0 aliphatic rings. The molecule has 0 aliphatic carbocycles. The van der Waals surface area contributed by atoms with E-state index in [1.165, 1.54) is 5.56 Å². The maximum atomic E-state index is 12.9. The summed E-state index contributed by atoms with van der Waals surface area (Å²) in [5.41, 5.74) is 2.84. The third kappa shape index (κ3) is 5.76. The van der Waals surface area contributed by atoms with E-state index >= 15 is 0 Å². The topological polar surface area (TPSA) is 64.6 Å². The molecule has 0 saturated heterocycles. The molecule has 166 valence electrons. The van der Waals surface area contributed by atoms with Gasteiger partial charge >= 0.3 is 0 Å². The molecular formula is C27H29NO4. The summed E-state index contributed by atoms with van der Waals surface area (Å²) >= 11 is 0. The minimum Gasteiger partial charge on any atom is -0.497 e. The number of amides is 1. The lowest BCUT2D eigenvalue weighted by Gasteiger charge is -2.19. The summed E-state index contributed by atoms with van der Waals surface area (Å²) in [5, 5.41) is 2.82.